The molecular formula is C19H24N2O4. The number of amides is 1. The van der Waals surface area contributed by atoms with Gasteiger partial charge in [-0.25, -0.2) is 0 Å². The molecule has 1 fully saturated rings. The molecule has 0 spiro atoms. The number of carboxylic acids is 1. The van der Waals surface area contributed by atoms with E-state index in [1.165, 1.54) is 12.5 Å². The van der Waals surface area contributed by atoms with Gasteiger partial charge in [-0.05, 0) is 24.5 Å². The van der Waals surface area contributed by atoms with E-state index in [-0.39, 0.29) is 19.1 Å². The van der Waals surface area contributed by atoms with Crippen molar-refractivity contribution in [2.45, 2.75) is 19.3 Å². The molecule has 25 heavy (non-hydrogen) atoms. The van der Waals surface area contributed by atoms with Gasteiger partial charge in [0.15, 0.2) is 0 Å². The van der Waals surface area contributed by atoms with Crippen LogP contribution in [0.25, 0.3) is 10.9 Å². The van der Waals surface area contributed by atoms with Crippen molar-refractivity contribution in [2.24, 2.45) is 12.5 Å². The number of aromatic nitrogens is 1. The average Bonchev–Trinajstić information content (AvgIpc) is 3.17. The molecule has 1 N–H and O–H groups in total. The van der Waals surface area contributed by atoms with Gasteiger partial charge in [-0.3, -0.25) is 9.59 Å². The van der Waals surface area contributed by atoms with Gasteiger partial charge in [-0.1, -0.05) is 18.2 Å². The zero-order valence-corrected chi connectivity index (χ0v) is 14.7. The van der Waals surface area contributed by atoms with Gasteiger partial charge in [0, 0.05) is 50.8 Å². The van der Waals surface area contributed by atoms with Crippen LogP contribution in [0.3, 0.4) is 0 Å². The Morgan fingerprint density at radius 2 is 2.08 bits per heavy atom. The summed E-state index contributed by atoms with van der Waals surface area (Å²) in [5.74, 6) is -0.883. The van der Waals surface area contributed by atoms with E-state index in [2.05, 4.69) is 22.9 Å². The summed E-state index contributed by atoms with van der Waals surface area (Å²) < 4.78 is 7.15. The van der Waals surface area contributed by atoms with Crippen molar-refractivity contribution in [1.29, 1.82) is 0 Å². The lowest BCUT2D eigenvalue weighted by atomic mass is 9.88. The molecule has 1 aliphatic heterocycles. The quantitative estimate of drug-likeness (QED) is 0.871. The number of methoxy groups -OCH3 is 1. The molecule has 0 radical (unpaired) electrons. The van der Waals surface area contributed by atoms with Crippen LogP contribution in [0.5, 0.6) is 0 Å². The minimum absolute atomic E-state index is 0.00663. The minimum Gasteiger partial charge on any atom is -0.481 e. The van der Waals surface area contributed by atoms with Gasteiger partial charge in [-0.2, -0.15) is 0 Å². The first-order chi connectivity index (χ1) is 12.0. The van der Waals surface area contributed by atoms with Crippen LogP contribution in [-0.2, 0) is 27.8 Å². The van der Waals surface area contributed by atoms with E-state index in [9.17, 15) is 14.7 Å². The molecule has 2 aromatic rings. The molecule has 1 saturated heterocycles. The summed E-state index contributed by atoms with van der Waals surface area (Å²) in [6.07, 6.45) is 3.54. The van der Waals surface area contributed by atoms with Crippen LogP contribution in [0, 0.1) is 5.41 Å². The normalized spacial score (nSPS) is 20.3. The zero-order valence-electron chi connectivity index (χ0n) is 14.7. The van der Waals surface area contributed by atoms with Crippen LogP contribution in [0.4, 0.5) is 0 Å². The van der Waals surface area contributed by atoms with Gasteiger partial charge in [0.2, 0.25) is 5.91 Å². The van der Waals surface area contributed by atoms with E-state index in [0.29, 0.717) is 25.8 Å². The van der Waals surface area contributed by atoms with Gasteiger partial charge < -0.3 is 19.3 Å². The third-order valence-electron chi connectivity index (χ3n) is 5.17. The number of aliphatic carboxylic acids is 1. The lowest BCUT2D eigenvalue weighted by Crippen LogP contribution is -2.40. The number of fused-ring (bicyclic) bond motifs is 1. The van der Waals surface area contributed by atoms with E-state index in [4.69, 9.17) is 4.74 Å². The minimum atomic E-state index is -0.968. The highest BCUT2D eigenvalue weighted by Crippen LogP contribution is 2.32. The second-order valence-electron chi connectivity index (χ2n) is 6.87. The van der Waals surface area contributed by atoms with Crippen molar-refractivity contribution in [3.63, 3.8) is 0 Å². The largest absolute Gasteiger partial charge is 0.481 e. The topological polar surface area (TPSA) is 71.8 Å². The summed E-state index contributed by atoms with van der Waals surface area (Å²) in [7, 11) is 3.50. The molecule has 0 saturated carbocycles. The van der Waals surface area contributed by atoms with Crippen LogP contribution in [0.15, 0.2) is 30.5 Å². The van der Waals surface area contributed by atoms with Crippen molar-refractivity contribution >= 4 is 22.8 Å². The highest BCUT2D eigenvalue weighted by Gasteiger charge is 2.46. The first kappa shape index (κ1) is 17.5. The number of hydrogen-bond donors (Lipinski definition) is 1. The van der Waals surface area contributed by atoms with Crippen LogP contribution < -0.4 is 0 Å². The Hall–Kier alpha value is -2.34. The molecule has 1 aliphatic rings. The molecule has 134 valence electrons. The Labute approximate surface area is 147 Å². The molecule has 1 unspecified atom stereocenters. The second-order valence-corrected chi connectivity index (χ2v) is 6.87. The maximum atomic E-state index is 12.6. The number of carboxylic acid groups (broad SMARTS) is 1. The SMILES string of the molecule is COCC1(C(=O)O)CCN(C(=O)CCc2cn(C)c3ccccc23)C1. The molecule has 1 amide bonds. The van der Waals surface area contributed by atoms with E-state index in [0.717, 1.165) is 11.1 Å². The van der Waals surface area contributed by atoms with Crippen molar-refractivity contribution in [3.05, 3.63) is 36.0 Å². The molecule has 0 bridgehead atoms. The lowest BCUT2D eigenvalue weighted by molar-refractivity contribution is -0.151. The number of carbonyl (C=O) groups is 2. The predicted octanol–water partition coefficient (Wildman–Crippen LogP) is 2.06. The Kier molecular flexibility index (Phi) is 4.81. The monoisotopic (exact) mass is 344 g/mol. The molecule has 1 atom stereocenters. The molecule has 2 heterocycles. The third kappa shape index (κ3) is 3.26. The van der Waals surface area contributed by atoms with Crippen molar-refractivity contribution in [3.8, 4) is 0 Å². The Morgan fingerprint density at radius 3 is 2.80 bits per heavy atom. The molecule has 6 nitrogen and oxygen atoms in total. The smallest absolute Gasteiger partial charge is 0.313 e. The Morgan fingerprint density at radius 1 is 1.32 bits per heavy atom. The summed E-state index contributed by atoms with van der Waals surface area (Å²) in [6.45, 7) is 0.837. The van der Waals surface area contributed by atoms with Crippen molar-refractivity contribution in [1.82, 2.24) is 9.47 Å². The number of hydrogen-bond acceptors (Lipinski definition) is 3. The fourth-order valence-corrected chi connectivity index (χ4v) is 3.74. The highest BCUT2D eigenvalue weighted by atomic mass is 16.5. The first-order valence-corrected chi connectivity index (χ1v) is 8.50. The van der Waals surface area contributed by atoms with Gasteiger partial charge in [-0.15, -0.1) is 0 Å². The van der Waals surface area contributed by atoms with Gasteiger partial charge in [0.1, 0.15) is 5.41 Å². The number of nitrogens with zero attached hydrogens (tertiary/aromatic N) is 2. The van der Waals surface area contributed by atoms with Crippen molar-refractivity contribution < 1.29 is 19.4 Å². The maximum Gasteiger partial charge on any atom is 0.313 e. The van der Waals surface area contributed by atoms with E-state index < -0.39 is 11.4 Å². The number of rotatable bonds is 6. The van der Waals surface area contributed by atoms with Crippen LogP contribution in [0.2, 0.25) is 0 Å². The molecule has 6 heteroatoms. The van der Waals surface area contributed by atoms with Crippen LogP contribution >= 0.6 is 0 Å². The summed E-state index contributed by atoms with van der Waals surface area (Å²) >= 11 is 0. The summed E-state index contributed by atoms with van der Waals surface area (Å²) in [6, 6.07) is 8.13. The fraction of sp³-hybridized carbons (Fsp3) is 0.474. The number of para-hydroxylation sites is 1. The summed E-state index contributed by atoms with van der Waals surface area (Å²) in [5, 5.41) is 10.7. The van der Waals surface area contributed by atoms with Gasteiger partial charge in [0.25, 0.3) is 0 Å². The number of benzene rings is 1. The summed E-state index contributed by atoms with van der Waals surface area (Å²) in [4.78, 5) is 25.8. The first-order valence-electron chi connectivity index (χ1n) is 8.50. The van der Waals surface area contributed by atoms with E-state index >= 15 is 0 Å². The Bertz CT molecular complexity index is 798. The predicted molar refractivity (Wildman–Crippen MR) is 94.4 cm³/mol. The molecular weight excluding hydrogens is 320 g/mol. The number of likely N-dealkylation sites (tertiary alicyclic amines) is 1. The lowest BCUT2D eigenvalue weighted by Gasteiger charge is -2.23. The second kappa shape index (κ2) is 6.88. The molecule has 1 aromatic heterocycles. The molecule has 3 rings (SSSR count). The van der Waals surface area contributed by atoms with Crippen molar-refractivity contribution in [2.75, 3.05) is 26.8 Å². The molecule has 0 aliphatic carbocycles. The molecule has 1 aromatic carbocycles. The Balaban J connectivity index is 1.66. The highest BCUT2D eigenvalue weighted by molar-refractivity contribution is 5.85. The van der Waals surface area contributed by atoms with Crippen LogP contribution in [-0.4, -0.2) is 53.3 Å². The number of aryl methyl sites for hydroxylation is 2. The third-order valence-corrected chi connectivity index (χ3v) is 5.17. The van der Waals surface area contributed by atoms with Gasteiger partial charge in [0.05, 0.1) is 6.61 Å². The summed E-state index contributed by atoms with van der Waals surface area (Å²) in [5.41, 5.74) is 1.33. The van der Waals surface area contributed by atoms with Gasteiger partial charge >= 0.3 is 5.97 Å². The van der Waals surface area contributed by atoms with E-state index in [1.807, 2.05) is 19.2 Å². The average molecular weight is 344 g/mol. The number of carbonyl (C=O) groups excluding carboxylic acids is 1. The number of ether oxygens (including phenoxy) is 1. The van der Waals surface area contributed by atoms with E-state index in [1.54, 1.807) is 4.90 Å². The standard InChI is InChI=1S/C19H24N2O4/c1-20-11-14(15-5-3-4-6-16(15)20)7-8-17(22)21-10-9-19(12-21,13-25-2)18(23)24/h3-6,11H,7-10,12-13H2,1-2H3,(H,23,24). The fourth-order valence-electron chi connectivity index (χ4n) is 3.74. The van der Waals surface area contributed by atoms with Crippen LogP contribution in [0.1, 0.15) is 18.4 Å². The maximum absolute atomic E-state index is 12.6. The zero-order chi connectivity index (χ0) is 18.0.